The zero-order valence-electron chi connectivity index (χ0n) is 12.2. The van der Waals surface area contributed by atoms with Crippen LogP contribution in [0, 0.1) is 11.8 Å². The van der Waals surface area contributed by atoms with Crippen LogP contribution in [0.2, 0.25) is 0 Å². The van der Waals surface area contributed by atoms with Crippen molar-refractivity contribution in [3.8, 4) is 0 Å². The first-order valence-corrected chi connectivity index (χ1v) is 9.10. The zero-order valence-corrected chi connectivity index (χ0v) is 13.0. The summed E-state index contributed by atoms with van der Waals surface area (Å²) in [5, 5.41) is 3.53. The van der Waals surface area contributed by atoms with Gasteiger partial charge in [0.1, 0.15) is 0 Å². The van der Waals surface area contributed by atoms with Crippen molar-refractivity contribution in [2.24, 2.45) is 11.8 Å². The van der Waals surface area contributed by atoms with E-state index in [9.17, 15) is 9.00 Å². The van der Waals surface area contributed by atoms with Crippen LogP contribution in [0.3, 0.4) is 0 Å². The molecule has 1 saturated heterocycles. The van der Waals surface area contributed by atoms with Gasteiger partial charge in [0, 0.05) is 29.4 Å². The van der Waals surface area contributed by atoms with Crippen molar-refractivity contribution in [3.63, 3.8) is 0 Å². The van der Waals surface area contributed by atoms with Gasteiger partial charge in [-0.25, -0.2) is 0 Å². The largest absolute Gasteiger partial charge is 0.325 e. The van der Waals surface area contributed by atoms with Gasteiger partial charge in [-0.05, 0) is 24.7 Å². The van der Waals surface area contributed by atoms with Gasteiger partial charge in [-0.1, -0.05) is 26.7 Å². The van der Waals surface area contributed by atoms with Crippen LogP contribution in [0.15, 0.2) is 0 Å². The van der Waals surface area contributed by atoms with Crippen LogP contribution in [0.4, 0.5) is 0 Å². The monoisotopic (exact) mass is 286 g/mol. The minimum absolute atomic E-state index is 0.0594. The summed E-state index contributed by atoms with van der Waals surface area (Å²) in [7, 11) is -0.837. The van der Waals surface area contributed by atoms with E-state index in [1.807, 2.05) is 4.90 Å². The van der Waals surface area contributed by atoms with E-state index < -0.39 is 10.8 Å². The van der Waals surface area contributed by atoms with Crippen molar-refractivity contribution >= 4 is 16.7 Å². The number of carbonyl (C=O) groups excluding carboxylic acids is 1. The summed E-state index contributed by atoms with van der Waals surface area (Å²) >= 11 is 0. The summed E-state index contributed by atoms with van der Waals surface area (Å²) in [5.74, 6) is 1.69. The van der Waals surface area contributed by atoms with E-state index in [1.54, 1.807) is 6.26 Å². The minimum atomic E-state index is -0.837. The highest BCUT2D eigenvalue weighted by Gasteiger charge is 2.43. The van der Waals surface area contributed by atoms with Crippen molar-refractivity contribution in [1.29, 1.82) is 0 Å². The summed E-state index contributed by atoms with van der Waals surface area (Å²) in [6.45, 7) is 4.80. The second kappa shape index (κ2) is 6.35. The maximum absolute atomic E-state index is 12.5. The van der Waals surface area contributed by atoms with Gasteiger partial charge in [0.05, 0.1) is 12.2 Å². The van der Waals surface area contributed by atoms with Crippen LogP contribution in [-0.4, -0.2) is 45.8 Å². The van der Waals surface area contributed by atoms with Gasteiger partial charge in [0.2, 0.25) is 5.91 Å². The normalized spacial score (nSPS) is 30.5. The summed E-state index contributed by atoms with van der Waals surface area (Å²) < 4.78 is 11.3. The van der Waals surface area contributed by atoms with Crippen LogP contribution >= 0.6 is 0 Å². The fourth-order valence-corrected chi connectivity index (χ4v) is 3.73. The highest BCUT2D eigenvalue weighted by atomic mass is 32.2. The van der Waals surface area contributed by atoms with E-state index in [4.69, 9.17) is 0 Å². The van der Waals surface area contributed by atoms with E-state index in [0.29, 0.717) is 24.1 Å². The fraction of sp³-hybridized carbons (Fsp3) is 0.929. The van der Waals surface area contributed by atoms with Crippen molar-refractivity contribution in [2.45, 2.75) is 51.7 Å². The quantitative estimate of drug-likeness (QED) is 0.830. The molecule has 1 N–H and O–H groups in total. The Kier molecular flexibility index (Phi) is 5.01. The number of rotatable bonds is 5. The highest BCUT2D eigenvalue weighted by molar-refractivity contribution is 7.84. The Balaban J connectivity index is 2.08. The molecular formula is C14H26N2O2S. The topological polar surface area (TPSA) is 49.4 Å². The second-order valence-corrected chi connectivity index (χ2v) is 7.74. The second-order valence-electron chi connectivity index (χ2n) is 6.19. The first-order chi connectivity index (χ1) is 9.00. The Morgan fingerprint density at radius 2 is 2.00 bits per heavy atom. The molecule has 0 aromatic rings. The average Bonchev–Trinajstić information content (AvgIpc) is 2.93. The molecule has 19 heavy (non-hydrogen) atoms. The molecule has 0 spiro atoms. The molecule has 0 aromatic heterocycles. The number of nitrogens with one attached hydrogen (secondary N) is 1. The predicted molar refractivity (Wildman–Crippen MR) is 78.2 cm³/mol. The Bertz CT molecular complexity index is 353. The zero-order chi connectivity index (χ0) is 14.0. The molecule has 0 bridgehead atoms. The van der Waals surface area contributed by atoms with Crippen LogP contribution in [0.1, 0.15) is 39.5 Å². The lowest BCUT2D eigenvalue weighted by molar-refractivity contribution is -0.131. The molecule has 3 atom stereocenters. The Morgan fingerprint density at radius 1 is 1.37 bits per heavy atom. The molecule has 2 aliphatic rings. The third-order valence-electron chi connectivity index (χ3n) is 4.37. The molecule has 2 fully saturated rings. The van der Waals surface area contributed by atoms with Gasteiger partial charge in [-0.3, -0.25) is 14.3 Å². The lowest BCUT2D eigenvalue weighted by Gasteiger charge is -2.28. The molecule has 1 heterocycles. The molecule has 110 valence electrons. The van der Waals surface area contributed by atoms with Crippen molar-refractivity contribution in [3.05, 3.63) is 0 Å². The number of amides is 1. The number of carbonyl (C=O) groups is 1. The molecule has 5 heteroatoms. The SMILES string of the molecule is CC(C)C1NC(C2CCCC2)N(CCS(C)=O)C1=O. The molecule has 0 aromatic carbocycles. The number of nitrogens with zero attached hydrogens (tertiary/aromatic N) is 1. The van der Waals surface area contributed by atoms with E-state index in [1.165, 1.54) is 25.7 Å². The smallest absolute Gasteiger partial charge is 0.241 e. The minimum Gasteiger partial charge on any atom is -0.325 e. The molecule has 1 aliphatic carbocycles. The molecule has 1 amide bonds. The molecule has 3 unspecified atom stereocenters. The standard InChI is InChI=1S/C14H26N2O2S/c1-10(2)12-14(17)16(8-9-19(3)18)13(15-12)11-6-4-5-7-11/h10-13,15H,4-9H2,1-3H3. The Labute approximate surface area is 118 Å². The molecule has 1 aliphatic heterocycles. The van der Waals surface area contributed by atoms with Gasteiger partial charge in [0.25, 0.3) is 0 Å². The van der Waals surface area contributed by atoms with Crippen LogP contribution in [0.25, 0.3) is 0 Å². The molecule has 4 nitrogen and oxygen atoms in total. The maximum atomic E-state index is 12.5. The first-order valence-electron chi connectivity index (χ1n) is 7.37. The lowest BCUT2D eigenvalue weighted by Crippen LogP contribution is -2.44. The lowest BCUT2D eigenvalue weighted by atomic mass is 10.0. The highest BCUT2D eigenvalue weighted by Crippen LogP contribution is 2.32. The Hall–Kier alpha value is -0.420. The summed E-state index contributed by atoms with van der Waals surface area (Å²) in [5.41, 5.74) is 0. The summed E-state index contributed by atoms with van der Waals surface area (Å²) in [6, 6.07) is -0.0594. The van der Waals surface area contributed by atoms with Gasteiger partial charge >= 0.3 is 0 Å². The van der Waals surface area contributed by atoms with E-state index in [0.717, 1.165) is 0 Å². The maximum Gasteiger partial charge on any atom is 0.241 e. The molecular weight excluding hydrogens is 260 g/mol. The molecule has 1 saturated carbocycles. The van der Waals surface area contributed by atoms with Crippen molar-refractivity contribution < 1.29 is 9.00 Å². The third-order valence-corrected chi connectivity index (χ3v) is 5.13. The van der Waals surface area contributed by atoms with Crippen LogP contribution in [-0.2, 0) is 15.6 Å². The van der Waals surface area contributed by atoms with E-state index in [-0.39, 0.29) is 18.1 Å². The summed E-state index contributed by atoms with van der Waals surface area (Å²) in [4.78, 5) is 14.5. The van der Waals surface area contributed by atoms with Crippen molar-refractivity contribution in [2.75, 3.05) is 18.6 Å². The third kappa shape index (κ3) is 3.37. The van der Waals surface area contributed by atoms with Gasteiger partial charge in [-0.2, -0.15) is 0 Å². The summed E-state index contributed by atoms with van der Waals surface area (Å²) in [6.07, 6.45) is 6.85. The Morgan fingerprint density at radius 3 is 2.53 bits per heavy atom. The fourth-order valence-electron chi connectivity index (χ4n) is 3.28. The van der Waals surface area contributed by atoms with E-state index in [2.05, 4.69) is 19.2 Å². The van der Waals surface area contributed by atoms with Crippen LogP contribution < -0.4 is 5.32 Å². The van der Waals surface area contributed by atoms with Crippen molar-refractivity contribution in [1.82, 2.24) is 10.2 Å². The van der Waals surface area contributed by atoms with E-state index >= 15 is 0 Å². The van der Waals surface area contributed by atoms with Gasteiger partial charge in [-0.15, -0.1) is 0 Å². The molecule has 2 rings (SSSR count). The average molecular weight is 286 g/mol. The molecule has 0 radical (unpaired) electrons. The van der Waals surface area contributed by atoms with Gasteiger partial charge < -0.3 is 4.90 Å². The number of hydrogen-bond donors (Lipinski definition) is 1. The van der Waals surface area contributed by atoms with Crippen LogP contribution in [0.5, 0.6) is 0 Å². The predicted octanol–water partition coefficient (Wildman–Crippen LogP) is 1.34. The van der Waals surface area contributed by atoms with Gasteiger partial charge in [0.15, 0.2) is 0 Å². The first kappa shape index (κ1) is 15.0. The number of hydrogen-bond acceptors (Lipinski definition) is 3.